The van der Waals surface area contributed by atoms with Gasteiger partial charge in [0.1, 0.15) is 12.2 Å². The van der Waals surface area contributed by atoms with Crippen LogP contribution in [0.15, 0.2) is 36.7 Å². The number of urea groups is 1. The number of amides is 2. The third-order valence-electron chi connectivity index (χ3n) is 5.69. The molecule has 2 aliphatic rings. The van der Waals surface area contributed by atoms with Crippen molar-refractivity contribution in [3.63, 3.8) is 0 Å². The summed E-state index contributed by atoms with van der Waals surface area (Å²) in [7, 11) is 0. The molecule has 1 saturated heterocycles. The van der Waals surface area contributed by atoms with Gasteiger partial charge in [-0.05, 0) is 37.8 Å². The monoisotopic (exact) mass is 351 g/mol. The fourth-order valence-corrected chi connectivity index (χ4v) is 4.17. The summed E-state index contributed by atoms with van der Waals surface area (Å²) in [4.78, 5) is 18.9. The average Bonchev–Trinajstić information content (AvgIpc) is 3.28. The number of rotatable bonds is 3. The van der Waals surface area contributed by atoms with E-state index in [1.165, 1.54) is 17.5 Å². The smallest absolute Gasteiger partial charge is 0.317 e. The van der Waals surface area contributed by atoms with E-state index in [2.05, 4.69) is 51.8 Å². The molecule has 1 aromatic heterocycles. The van der Waals surface area contributed by atoms with E-state index in [0.29, 0.717) is 0 Å². The molecule has 2 aromatic rings. The number of nitrogens with one attached hydrogen (secondary N) is 1. The lowest BCUT2D eigenvalue weighted by atomic mass is 9.74. The Morgan fingerprint density at radius 1 is 1.31 bits per heavy atom. The summed E-state index contributed by atoms with van der Waals surface area (Å²) < 4.78 is 1.82. The van der Waals surface area contributed by atoms with Crippen molar-refractivity contribution in [2.24, 2.45) is 0 Å². The van der Waals surface area contributed by atoms with Crippen molar-refractivity contribution in [2.75, 3.05) is 13.1 Å². The highest BCUT2D eigenvalue weighted by molar-refractivity contribution is 5.75. The molecule has 2 amide bonds. The summed E-state index contributed by atoms with van der Waals surface area (Å²) in [5.74, 6) is 0.794. The average molecular weight is 351 g/mol. The van der Waals surface area contributed by atoms with Crippen LogP contribution in [0.5, 0.6) is 0 Å². The van der Waals surface area contributed by atoms with E-state index in [4.69, 9.17) is 0 Å². The SMILES string of the molecule is CCn1ncnc1[C@H](C)NC(=O)N1CCC2(C=Cc3ccccc32)CC1. The fraction of sp³-hybridized carbons (Fsp3) is 0.450. The van der Waals surface area contributed by atoms with Crippen molar-refractivity contribution >= 4 is 12.1 Å². The van der Waals surface area contributed by atoms with E-state index < -0.39 is 0 Å². The second-order valence-electron chi connectivity index (χ2n) is 7.17. The number of nitrogens with zero attached hydrogens (tertiary/aromatic N) is 4. The van der Waals surface area contributed by atoms with Gasteiger partial charge < -0.3 is 10.2 Å². The van der Waals surface area contributed by atoms with Gasteiger partial charge in [-0.3, -0.25) is 0 Å². The van der Waals surface area contributed by atoms with Crippen molar-refractivity contribution in [2.45, 2.75) is 44.7 Å². The Balaban J connectivity index is 1.39. The quantitative estimate of drug-likeness (QED) is 0.924. The summed E-state index contributed by atoms with van der Waals surface area (Å²) >= 11 is 0. The highest BCUT2D eigenvalue weighted by Gasteiger charge is 2.39. The summed E-state index contributed by atoms with van der Waals surface area (Å²) in [6, 6.07) is 8.41. The fourth-order valence-electron chi connectivity index (χ4n) is 4.17. The Morgan fingerprint density at radius 3 is 2.85 bits per heavy atom. The first-order chi connectivity index (χ1) is 12.6. The Labute approximate surface area is 153 Å². The summed E-state index contributed by atoms with van der Waals surface area (Å²) in [5, 5.41) is 7.25. The third kappa shape index (κ3) is 2.79. The van der Waals surface area contributed by atoms with Crippen molar-refractivity contribution in [1.82, 2.24) is 25.0 Å². The highest BCUT2D eigenvalue weighted by atomic mass is 16.2. The predicted molar refractivity (Wildman–Crippen MR) is 101 cm³/mol. The lowest BCUT2D eigenvalue weighted by Gasteiger charge is -2.39. The first-order valence-corrected chi connectivity index (χ1v) is 9.35. The van der Waals surface area contributed by atoms with Crippen LogP contribution in [0.1, 0.15) is 49.7 Å². The second kappa shape index (κ2) is 6.59. The Morgan fingerprint density at radius 2 is 2.08 bits per heavy atom. The zero-order chi connectivity index (χ0) is 18.1. The molecule has 0 radical (unpaired) electrons. The number of hydrogen-bond donors (Lipinski definition) is 1. The molecule has 0 saturated carbocycles. The first kappa shape index (κ1) is 16.8. The van der Waals surface area contributed by atoms with Gasteiger partial charge in [0.15, 0.2) is 0 Å². The molecule has 1 aliphatic carbocycles. The number of fused-ring (bicyclic) bond motifs is 2. The number of benzene rings is 1. The van der Waals surface area contributed by atoms with E-state index in [-0.39, 0.29) is 17.5 Å². The van der Waals surface area contributed by atoms with Gasteiger partial charge >= 0.3 is 6.03 Å². The van der Waals surface area contributed by atoms with E-state index in [1.54, 1.807) is 0 Å². The van der Waals surface area contributed by atoms with Crippen LogP contribution in [-0.4, -0.2) is 38.8 Å². The van der Waals surface area contributed by atoms with Crippen molar-refractivity contribution < 1.29 is 4.79 Å². The molecule has 0 bridgehead atoms. The van der Waals surface area contributed by atoms with Crippen LogP contribution in [-0.2, 0) is 12.0 Å². The topological polar surface area (TPSA) is 63.1 Å². The van der Waals surface area contributed by atoms with Crippen LogP contribution in [0.2, 0.25) is 0 Å². The Bertz CT molecular complexity index is 832. The molecule has 26 heavy (non-hydrogen) atoms. The van der Waals surface area contributed by atoms with Gasteiger partial charge in [0.25, 0.3) is 0 Å². The Kier molecular flexibility index (Phi) is 4.26. The van der Waals surface area contributed by atoms with Crippen LogP contribution in [0.4, 0.5) is 4.79 Å². The molecule has 1 aromatic carbocycles. The number of aryl methyl sites for hydroxylation is 1. The number of piperidine rings is 1. The van der Waals surface area contributed by atoms with Gasteiger partial charge in [-0.2, -0.15) is 5.10 Å². The van der Waals surface area contributed by atoms with Crippen molar-refractivity contribution in [3.05, 3.63) is 53.6 Å². The molecule has 1 atom stereocenters. The molecule has 1 fully saturated rings. The molecule has 1 aliphatic heterocycles. The van der Waals surface area contributed by atoms with E-state index >= 15 is 0 Å². The summed E-state index contributed by atoms with van der Waals surface area (Å²) in [6.45, 7) is 6.24. The standard InChI is InChI=1S/C20H25N5O/c1-3-25-18(21-14-22-25)15(2)23-19(26)24-12-10-20(11-13-24)9-8-16-6-4-5-7-17(16)20/h4-9,14-15H,3,10-13H2,1-2H3,(H,23,26)/t15-/m0/s1. The predicted octanol–water partition coefficient (Wildman–Crippen LogP) is 3.13. The van der Waals surface area contributed by atoms with Crippen LogP contribution in [0.3, 0.4) is 0 Å². The highest BCUT2D eigenvalue weighted by Crippen LogP contribution is 2.43. The normalized spacial score (nSPS) is 18.8. The van der Waals surface area contributed by atoms with Crippen molar-refractivity contribution in [3.8, 4) is 0 Å². The number of likely N-dealkylation sites (tertiary alicyclic amines) is 1. The summed E-state index contributed by atoms with van der Waals surface area (Å²) in [6.07, 6.45) is 8.03. The molecule has 1 N–H and O–H groups in total. The van der Waals surface area contributed by atoms with Gasteiger partial charge in [-0.15, -0.1) is 0 Å². The van der Waals surface area contributed by atoms with Gasteiger partial charge in [0.2, 0.25) is 0 Å². The van der Waals surface area contributed by atoms with E-state index in [0.717, 1.165) is 38.3 Å². The minimum Gasteiger partial charge on any atom is -0.328 e. The van der Waals surface area contributed by atoms with E-state index in [9.17, 15) is 4.79 Å². The Hall–Kier alpha value is -2.63. The number of carbonyl (C=O) groups excluding carboxylic acids is 1. The van der Waals surface area contributed by atoms with Crippen LogP contribution in [0.25, 0.3) is 6.08 Å². The van der Waals surface area contributed by atoms with Gasteiger partial charge in [-0.1, -0.05) is 36.4 Å². The lowest BCUT2D eigenvalue weighted by molar-refractivity contribution is 0.167. The molecule has 6 nitrogen and oxygen atoms in total. The molecule has 6 heteroatoms. The van der Waals surface area contributed by atoms with Crippen LogP contribution in [0, 0.1) is 0 Å². The number of aromatic nitrogens is 3. The van der Waals surface area contributed by atoms with Crippen LogP contribution < -0.4 is 5.32 Å². The van der Waals surface area contributed by atoms with Crippen molar-refractivity contribution in [1.29, 1.82) is 0 Å². The maximum absolute atomic E-state index is 12.7. The molecule has 4 rings (SSSR count). The number of allylic oxidation sites excluding steroid dienone is 1. The maximum Gasteiger partial charge on any atom is 0.317 e. The lowest BCUT2D eigenvalue weighted by Crippen LogP contribution is -2.48. The minimum atomic E-state index is -0.159. The zero-order valence-corrected chi connectivity index (χ0v) is 15.4. The molecule has 136 valence electrons. The minimum absolute atomic E-state index is 0.0201. The van der Waals surface area contributed by atoms with Gasteiger partial charge in [-0.25, -0.2) is 14.5 Å². The van der Waals surface area contributed by atoms with E-state index in [1.807, 2.05) is 23.4 Å². The molecular formula is C20H25N5O. The summed E-state index contributed by atoms with van der Waals surface area (Å²) in [5.41, 5.74) is 2.82. The molecule has 2 heterocycles. The number of carbonyl (C=O) groups is 1. The molecule has 1 spiro atoms. The largest absolute Gasteiger partial charge is 0.328 e. The zero-order valence-electron chi connectivity index (χ0n) is 15.4. The van der Waals surface area contributed by atoms with Gasteiger partial charge in [0.05, 0.1) is 6.04 Å². The van der Waals surface area contributed by atoms with Crippen LogP contribution >= 0.6 is 0 Å². The van der Waals surface area contributed by atoms with Gasteiger partial charge in [0, 0.05) is 25.0 Å². The first-order valence-electron chi connectivity index (χ1n) is 9.35. The number of hydrogen-bond acceptors (Lipinski definition) is 3. The molecule has 0 unspecified atom stereocenters. The molecular weight excluding hydrogens is 326 g/mol. The maximum atomic E-state index is 12.7. The second-order valence-corrected chi connectivity index (χ2v) is 7.17. The third-order valence-corrected chi connectivity index (χ3v) is 5.69.